The number of hydrogen-bond acceptors (Lipinski definition) is 3. The summed E-state index contributed by atoms with van der Waals surface area (Å²) in [7, 11) is 0. The summed E-state index contributed by atoms with van der Waals surface area (Å²) in [6.45, 7) is 3.00. The highest BCUT2D eigenvalue weighted by Crippen LogP contribution is 2.19. The van der Waals surface area contributed by atoms with Crippen molar-refractivity contribution in [2.24, 2.45) is 0 Å². The van der Waals surface area contributed by atoms with E-state index in [1.807, 2.05) is 24.3 Å². The average Bonchev–Trinajstić information content (AvgIpc) is 2.61. The number of aromatic nitrogens is 1. The lowest BCUT2D eigenvalue weighted by Gasteiger charge is -2.11. The lowest BCUT2D eigenvalue weighted by Crippen LogP contribution is -2.00. The zero-order valence-electron chi connectivity index (χ0n) is 13.9. The number of aliphatic hydroxyl groups excluding tert-OH is 1. The first-order valence-corrected chi connectivity index (χ1v) is 8.59. The largest absolute Gasteiger partial charge is 0.494 e. The molecule has 0 bridgehead atoms. The second-order valence-corrected chi connectivity index (χ2v) is 5.89. The number of pyridine rings is 1. The minimum absolute atomic E-state index is 0.460. The quantitative estimate of drug-likeness (QED) is 0.646. The Morgan fingerprint density at radius 1 is 1.09 bits per heavy atom. The lowest BCUT2D eigenvalue weighted by molar-refractivity contribution is 0.167. The third kappa shape index (κ3) is 6.41. The van der Waals surface area contributed by atoms with Crippen LogP contribution in [0.1, 0.15) is 56.3 Å². The summed E-state index contributed by atoms with van der Waals surface area (Å²) < 4.78 is 5.74. The van der Waals surface area contributed by atoms with Gasteiger partial charge in [0.1, 0.15) is 5.75 Å². The second-order valence-electron chi connectivity index (χ2n) is 5.89. The second kappa shape index (κ2) is 10.0. The number of nitrogens with zero attached hydrogens (tertiary/aromatic N) is 1. The molecule has 3 nitrogen and oxygen atoms in total. The Kier molecular flexibility index (Phi) is 7.61. The first kappa shape index (κ1) is 17.5. The van der Waals surface area contributed by atoms with Crippen LogP contribution in [-0.4, -0.2) is 16.7 Å². The molecule has 0 fully saturated rings. The van der Waals surface area contributed by atoms with Crippen LogP contribution in [0, 0.1) is 0 Å². The molecule has 0 aliphatic carbocycles. The van der Waals surface area contributed by atoms with Crippen molar-refractivity contribution in [2.45, 2.75) is 51.6 Å². The normalized spacial score (nSPS) is 12.1. The van der Waals surface area contributed by atoms with Crippen LogP contribution < -0.4 is 4.74 Å². The Morgan fingerprint density at radius 3 is 2.61 bits per heavy atom. The van der Waals surface area contributed by atoms with Gasteiger partial charge < -0.3 is 9.84 Å². The van der Waals surface area contributed by atoms with Crippen molar-refractivity contribution >= 4 is 0 Å². The Balaban J connectivity index is 1.72. The van der Waals surface area contributed by atoms with E-state index in [9.17, 15) is 5.11 Å². The topological polar surface area (TPSA) is 42.4 Å². The van der Waals surface area contributed by atoms with Crippen LogP contribution in [-0.2, 0) is 6.42 Å². The van der Waals surface area contributed by atoms with E-state index in [0.717, 1.165) is 30.8 Å². The van der Waals surface area contributed by atoms with E-state index < -0.39 is 6.10 Å². The number of ether oxygens (including phenoxy) is 1. The van der Waals surface area contributed by atoms with Gasteiger partial charge in [0, 0.05) is 12.4 Å². The van der Waals surface area contributed by atoms with Crippen molar-refractivity contribution in [1.82, 2.24) is 4.98 Å². The fourth-order valence-corrected chi connectivity index (χ4v) is 2.51. The maximum Gasteiger partial charge on any atom is 0.119 e. The fraction of sp³-hybridized carbons (Fsp3) is 0.450. The van der Waals surface area contributed by atoms with E-state index in [2.05, 4.69) is 24.0 Å². The smallest absolute Gasteiger partial charge is 0.119 e. The minimum atomic E-state index is -0.460. The summed E-state index contributed by atoms with van der Waals surface area (Å²) in [5, 5.41) is 10.2. The van der Waals surface area contributed by atoms with Gasteiger partial charge in [-0.2, -0.15) is 0 Å². The number of aryl methyl sites for hydroxylation is 1. The van der Waals surface area contributed by atoms with Gasteiger partial charge in [-0.15, -0.1) is 0 Å². The molecule has 1 aromatic carbocycles. The number of unbranched alkanes of at least 4 members (excludes halogenated alkanes) is 3. The highest BCUT2D eigenvalue weighted by atomic mass is 16.5. The van der Waals surface area contributed by atoms with Crippen LogP contribution in [0.2, 0.25) is 0 Å². The Morgan fingerprint density at radius 2 is 1.91 bits per heavy atom. The predicted molar refractivity (Wildman–Crippen MR) is 93.6 cm³/mol. The zero-order valence-corrected chi connectivity index (χ0v) is 13.9. The molecule has 0 aliphatic heterocycles. The highest BCUT2D eigenvalue weighted by Gasteiger charge is 2.07. The fourth-order valence-electron chi connectivity index (χ4n) is 2.51. The molecular formula is C20H27NO2. The molecule has 2 rings (SSSR count). The molecule has 1 N–H and O–H groups in total. The summed E-state index contributed by atoms with van der Waals surface area (Å²) in [5.41, 5.74) is 2.09. The summed E-state index contributed by atoms with van der Waals surface area (Å²) in [6.07, 6.45) is 9.40. The van der Waals surface area contributed by atoms with E-state index in [-0.39, 0.29) is 0 Å². The summed E-state index contributed by atoms with van der Waals surface area (Å²) in [4.78, 5) is 4.04. The third-order valence-electron chi connectivity index (χ3n) is 3.97. The highest BCUT2D eigenvalue weighted by molar-refractivity contribution is 5.27. The maximum absolute atomic E-state index is 10.2. The van der Waals surface area contributed by atoms with E-state index in [4.69, 9.17) is 4.74 Å². The monoisotopic (exact) mass is 313 g/mol. The van der Waals surface area contributed by atoms with Gasteiger partial charge >= 0.3 is 0 Å². The van der Waals surface area contributed by atoms with Crippen LogP contribution in [0.15, 0.2) is 48.8 Å². The summed E-state index contributed by atoms with van der Waals surface area (Å²) >= 11 is 0. The Hall–Kier alpha value is -1.87. The average molecular weight is 313 g/mol. The van der Waals surface area contributed by atoms with Crippen molar-refractivity contribution in [1.29, 1.82) is 0 Å². The molecule has 2 aromatic rings. The SMILES string of the molecule is CCCCCCOc1ccc(CCC(O)c2cccnc2)cc1. The van der Waals surface area contributed by atoms with E-state index in [1.54, 1.807) is 12.4 Å². The molecule has 1 unspecified atom stereocenters. The Labute approximate surface area is 139 Å². The van der Waals surface area contributed by atoms with Crippen molar-refractivity contribution in [2.75, 3.05) is 6.61 Å². The van der Waals surface area contributed by atoms with Gasteiger partial charge in [-0.3, -0.25) is 4.98 Å². The zero-order chi connectivity index (χ0) is 16.3. The molecule has 0 saturated heterocycles. The van der Waals surface area contributed by atoms with Crippen molar-refractivity contribution in [3.05, 3.63) is 59.9 Å². The molecule has 1 aromatic heterocycles. The lowest BCUT2D eigenvalue weighted by atomic mass is 10.0. The molecule has 0 spiro atoms. The number of hydrogen-bond donors (Lipinski definition) is 1. The van der Waals surface area contributed by atoms with Crippen molar-refractivity contribution in [3.8, 4) is 5.75 Å². The molecule has 1 atom stereocenters. The van der Waals surface area contributed by atoms with E-state index in [1.165, 1.54) is 24.8 Å². The van der Waals surface area contributed by atoms with Gasteiger partial charge in [-0.25, -0.2) is 0 Å². The third-order valence-corrected chi connectivity index (χ3v) is 3.97. The van der Waals surface area contributed by atoms with Crippen molar-refractivity contribution < 1.29 is 9.84 Å². The maximum atomic E-state index is 10.2. The molecule has 0 radical (unpaired) electrons. The molecule has 0 saturated carbocycles. The molecular weight excluding hydrogens is 286 g/mol. The molecule has 0 aliphatic rings. The van der Waals surface area contributed by atoms with Crippen LogP contribution in [0.4, 0.5) is 0 Å². The minimum Gasteiger partial charge on any atom is -0.494 e. The van der Waals surface area contributed by atoms with Crippen LogP contribution in [0.5, 0.6) is 5.75 Å². The van der Waals surface area contributed by atoms with Gasteiger partial charge in [0.2, 0.25) is 0 Å². The van der Waals surface area contributed by atoms with Gasteiger partial charge in [-0.05, 0) is 48.6 Å². The van der Waals surface area contributed by atoms with Crippen LogP contribution in [0.3, 0.4) is 0 Å². The first-order valence-electron chi connectivity index (χ1n) is 8.59. The first-order chi connectivity index (χ1) is 11.3. The molecule has 23 heavy (non-hydrogen) atoms. The molecule has 1 heterocycles. The number of benzene rings is 1. The van der Waals surface area contributed by atoms with Crippen molar-refractivity contribution in [3.63, 3.8) is 0 Å². The van der Waals surface area contributed by atoms with E-state index in [0.29, 0.717) is 6.42 Å². The van der Waals surface area contributed by atoms with Crippen LogP contribution >= 0.6 is 0 Å². The van der Waals surface area contributed by atoms with Gasteiger partial charge in [0.15, 0.2) is 0 Å². The van der Waals surface area contributed by atoms with E-state index >= 15 is 0 Å². The standard InChI is InChI=1S/C20H27NO2/c1-2-3-4-5-15-23-19-11-8-17(9-12-19)10-13-20(22)18-7-6-14-21-16-18/h6-9,11-12,14,16,20,22H,2-5,10,13,15H2,1H3. The molecule has 0 amide bonds. The summed E-state index contributed by atoms with van der Waals surface area (Å²) in [5.74, 6) is 0.929. The van der Waals surface area contributed by atoms with Crippen LogP contribution in [0.25, 0.3) is 0 Å². The number of aliphatic hydroxyl groups is 1. The summed E-state index contributed by atoms with van der Waals surface area (Å²) in [6, 6.07) is 12.0. The molecule has 3 heteroatoms. The van der Waals surface area contributed by atoms with Gasteiger partial charge in [-0.1, -0.05) is 44.4 Å². The number of rotatable bonds is 10. The molecule has 124 valence electrons. The Bertz CT molecular complexity index is 539. The predicted octanol–water partition coefficient (Wildman–Crippen LogP) is 4.71. The van der Waals surface area contributed by atoms with Gasteiger partial charge in [0.25, 0.3) is 0 Å². The van der Waals surface area contributed by atoms with Gasteiger partial charge in [0.05, 0.1) is 12.7 Å².